The molecule has 0 fully saturated rings. The van der Waals surface area contributed by atoms with Crippen molar-refractivity contribution in [2.75, 3.05) is 13.2 Å². The molecule has 3 rings (SSSR count). The molecule has 10 heteroatoms. The monoisotopic (exact) mass is 519 g/mol. The van der Waals surface area contributed by atoms with Crippen LogP contribution in [0.25, 0.3) is 11.3 Å². The first kappa shape index (κ1) is 27.1. The molecule has 0 bridgehead atoms. The summed E-state index contributed by atoms with van der Waals surface area (Å²) in [6.07, 6.45) is 1.54. The highest BCUT2D eigenvalue weighted by molar-refractivity contribution is 7.90. The highest BCUT2D eigenvalue weighted by Gasteiger charge is 2.24. The predicted molar refractivity (Wildman–Crippen MR) is 138 cm³/mol. The number of carbonyl (C=O) groups is 1. The van der Waals surface area contributed by atoms with Crippen LogP contribution in [-0.4, -0.2) is 37.5 Å². The lowest BCUT2D eigenvalue weighted by molar-refractivity contribution is 0.0976. The van der Waals surface area contributed by atoms with E-state index in [-0.39, 0.29) is 31.8 Å². The largest absolute Gasteiger partial charge is 0.493 e. The van der Waals surface area contributed by atoms with E-state index >= 15 is 0 Å². The first-order valence-electron chi connectivity index (χ1n) is 11.7. The third-order valence-electron chi connectivity index (χ3n) is 4.96. The number of rotatable bonds is 11. The molecule has 0 unspecified atom stereocenters. The summed E-state index contributed by atoms with van der Waals surface area (Å²) in [6, 6.07) is 11.6. The summed E-state index contributed by atoms with van der Waals surface area (Å²) in [5, 5.41) is -0.275. The van der Waals surface area contributed by atoms with Crippen molar-refractivity contribution in [3.8, 4) is 22.9 Å². The van der Waals surface area contributed by atoms with Crippen molar-refractivity contribution in [2.24, 2.45) is 5.92 Å². The minimum absolute atomic E-state index is 0. The van der Waals surface area contributed by atoms with Gasteiger partial charge in [0.05, 0.1) is 18.9 Å². The summed E-state index contributed by atoms with van der Waals surface area (Å²) in [5.41, 5.74) is 1.19. The Bertz CT molecular complexity index is 1340. The van der Waals surface area contributed by atoms with E-state index in [9.17, 15) is 17.6 Å². The van der Waals surface area contributed by atoms with Crippen molar-refractivity contribution >= 4 is 15.9 Å². The molecule has 0 aliphatic heterocycles. The molecule has 1 N–H and O–H groups in total. The first-order chi connectivity index (χ1) is 17.1. The van der Waals surface area contributed by atoms with Crippen molar-refractivity contribution in [3.63, 3.8) is 0 Å². The third-order valence-corrected chi connectivity index (χ3v) is 6.19. The molecule has 0 atom stereocenters. The van der Waals surface area contributed by atoms with Gasteiger partial charge in [0, 0.05) is 20.2 Å². The van der Waals surface area contributed by atoms with Gasteiger partial charge >= 0.3 is 0 Å². The summed E-state index contributed by atoms with van der Waals surface area (Å²) >= 11 is 0. The molecular formula is C26H34FN3O5S. The summed E-state index contributed by atoms with van der Waals surface area (Å²) in [7, 11) is -4.22. The van der Waals surface area contributed by atoms with Crippen LogP contribution in [-0.2, 0) is 10.0 Å². The van der Waals surface area contributed by atoms with E-state index in [0.717, 1.165) is 6.42 Å². The SMILES string of the molecule is CCCCOc1nc(-c2cc(F)cc(OCC(C)C)c2)ccc1C(=O)NS(=O)(=O)c1cccc(C)n1.[HH].[HH]. The number of nitrogens with one attached hydrogen (secondary N) is 1. The van der Waals surface area contributed by atoms with Gasteiger partial charge in [0.1, 0.15) is 17.1 Å². The van der Waals surface area contributed by atoms with Gasteiger partial charge in [0.25, 0.3) is 15.9 Å². The molecule has 36 heavy (non-hydrogen) atoms. The number of hydrogen-bond acceptors (Lipinski definition) is 7. The Morgan fingerprint density at radius 3 is 2.58 bits per heavy atom. The molecule has 2 aromatic heterocycles. The molecule has 0 radical (unpaired) electrons. The molecule has 8 nitrogen and oxygen atoms in total. The van der Waals surface area contributed by atoms with E-state index in [1.54, 1.807) is 19.1 Å². The fourth-order valence-electron chi connectivity index (χ4n) is 3.15. The van der Waals surface area contributed by atoms with Crippen LogP contribution in [0.5, 0.6) is 11.6 Å². The molecule has 0 aliphatic carbocycles. The average Bonchev–Trinajstić information content (AvgIpc) is 2.82. The van der Waals surface area contributed by atoms with Crippen LogP contribution in [0.4, 0.5) is 4.39 Å². The minimum atomic E-state index is -4.22. The third kappa shape index (κ3) is 7.24. The van der Waals surface area contributed by atoms with Crippen LogP contribution in [0.1, 0.15) is 52.5 Å². The van der Waals surface area contributed by atoms with Crippen molar-refractivity contribution in [3.05, 3.63) is 65.6 Å². The van der Waals surface area contributed by atoms with Gasteiger partial charge in [-0.25, -0.2) is 19.1 Å². The molecule has 1 amide bonds. The molecule has 0 saturated carbocycles. The quantitative estimate of drug-likeness (QED) is 0.337. The number of amides is 1. The lowest BCUT2D eigenvalue weighted by atomic mass is 10.1. The van der Waals surface area contributed by atoms with E-state index in [1.165, 1.54) is 36.4 Å². The number of carbonyl (C=O) groups excluding carboxylic acids is 1. The van der Waals surface area contributed by atoms with E-state index < -0.39 is 21.7 Å². The summed E-state index contributed by atoms with van der Waals surface area (Å²) in [5.74, 6) is -0.853. The average molecular weight is 520 g/mol. The number of aromatic nitrogens is 2. The second-order valence-electron chi connectivity index (χ2n) is 8.68. The molecule has 196 valence electrons. The van der Waals surface area contributed by atoms with Crippen LogP contribution >= 0.6 is 0 Å². The van der Waals surface area contributed by atoms with Crippen molar-refractivity contribution < 1.29 is 29.9 Å². The van der Waals surface area contributed by atoms with E-state index in [0.29, 0.717) is 35.7 Å². The minimum Gasteiger partial charge on any atom is -0.493 e. The number of hydrogen-bond donors (Lipinski definition) is 1. The number of aryl methyl sites for hydroxylation is 1. The van der Waals surface area contributed by atoms with Crippen LogP contribution in [0.15, 0.2) is 53.6 Å². The fourth-order valence-corrected chi connectivity index (χ4v) is 4.13. The zero-order chi connectivity index (χ0) is 26.3. The molecule has 0 spiro atoms. The highest BCUT2D eigenvalue weighted by Crippen LogP contribution is 2.28. The molecule has 0 saturated heterocycles. The van der Waals surface area contributed by atoms with Gasteiger partial charge in [0.15, 0.2) is 5.03 Å². The zero-order valence-electron chi connectivity index (χ0n) is 20.7. The molecule has 3 aromatic rings. The molecule has 1 aromatic carbocycles. The normalized spacial score (nSPS) is 11.4. The Labute approximate surface area is 213 Å². The van der Waals surface area contributed by atoms with Crippen molar-refractivity contribution in [2.45, 2.75) is 45.6 Å². The second-order valence-corrected chi connectivity index (χ2v) is 10.3. The van der Waals surface area contributed by atoms with Crippen molar-refractivity contribution in [1.29, 1.82) is 0 Å². The maximum Gasteiger partial charge on any atom is 0.281 e. The van der Waals surface area contributed by atoms with Gasteiger partial charge in [-0.05, 0) is 55.7 Å². The maximum atomic E-state index is 14.3. The Kier molecular flexibility index (Phi) is 8.98. The Balaban J connectivity index is 0.00000361. The fraction of sp³-hybridized carbons (Fsp3) is 0.346. The lowest BCUT2D eigenvalue weighted by Crippen LogP contribution is -2.31. The van der Waals surface area contributed by atoms with Gasteiger partial charge in [-0.1, -0.05) is 33.3 Å². The number of nitrogens with zero attached hydrogens (tertiary/aromatic N) is 2. The number of ether oxygens (including phenoxy) is 2. The van der Waals surface area contributed by atoms with Gasteiger partial charge in [-0.2, -0.15) is 8.42 Å². The highest BCUT2D eigenvalue weighted by atomic mass is 32.2. The van der Waals surface area contributed by atoms with Crippen LogP contribution in [0.2, 0.25) is 0 Å². The number of halogens is 1. The lowest BCUT2D eigenvalue weighted by Gasteiger charge is -2.14. The van der Waals surface area contributed by atoms with Crippen LogP contribution in [0, 0.1) is 18.7 Å². The topological polar surface area (TPSA) is 107 Å². The second kappa shape index (κ2) is 11.9. The smallest absolute Gasteiger partial charge is 0.281 e. The van der Waals surface area contributed by atoms with Gasteiger partial charge < -0.3 is 9.47 Å². The van der Waals surface area contributed by atoms with Crippen molar-refractivity contribution in [1.82, 2.24) is 14.7 Å². The molecule has 0 aliphatic rings. The molecule has 2 heterocycles. The predicted octanol–water partition coefficient (Wildman–Crippen LogP) is 5.42. The standard InChI is InChI=1S/C26H30FN3O5S.2H2/c1-5-6-12-34-26-22(25(31)30-36(32,33)24-9-7-8-18(4)28-24)10-11-23(29-26)19-13-20(27)15-21(14-19)35-16-17(2)3;;/h7-11,13-15,17H,5-6,12,16H2,1-4H3,(H,30,31);2*1H. The summed E-state index contributed by atoms with van der Waals surface area (Å²) < 4.78 is 53.1. The van der Waals surface area contributed by atoms with Gasteiger partial charge in [-0.15, -0.1) is 0 Å². The van der Waals surface area contributed by atoms with E-state index in [1.807, 2.05) is 25.5 Å². The van der Waals surface area contributed by atoms with Crippen LogP contribution < -0.4 is 14.2 Å². The van der Waals surface area contributed by atoms with Gasteiger partial charge in [-0.3, -0.25) is 4.79 Å². The number of pyridine rings is 2. The summed E-state index contributed by atoms with van der Waals surface area (Å²) in [4.78, 5) is 21.3. The maximum absolute atomic E-state index is 14.3. The Morgan fingerprint density at radius 1 is 1.11 bits per heavy atom. The number of benzene rings is 1. The first-order valence-corrected chi connectivity index (χ1v) is 13.2. The van der Waals surface area contributed by atoms with E-state index in [4.69, 9.17) is 9.47 Å². The Hall–Kier alpha value is -3.53. The Morgan fingerprint density at radius 2 is 1.89 bits per heavy atom. The number of sulfonamides is 1. The van der Waals surface area contributed by atoms with E-state index in [2.05, 4.69) is 9.97 Å². The van der Waals surface area contributed by atoms with Crippen LogP contribution in [0.3, 0.4) is 0 Å². The summed E-state index contributed by atoms with van der Waals surface area (Å²) in [6.45, 7) is 8.29. The number of unbranched alkanes of at least 4 members (excludes halogenated alkanes) is 1. The zero-order valence-corrected chi connectivity index (χ0v) is 21.6. The van der Waals surface area contributed by atoms with Gasteiger partial charge in [0.2, 0.25) is 5.88 Å². The molecular weight excluding hydrogens is 485 g/mol.